The normalized spacial score (nSPS) is 10.6. The summed E-state index contributed by atoms with van der Waals surface area (Å²) in [5.74, 6) is 0. The molecule has 0 fully saturated rings. The van der Waals surface area contributed by atoms with Gasteiger partial charge < -0.3 is 0 Å². The van der Waals surface area contributed by atoms with Crippen molar-refractivity contribution in [3.8, 4) is 6.07 Å². The fourth-order valence-corrected chi connectivity index (χ4v) is 1.12. The molecule has 0 aliphatic carbocycles. The maximum absolute atomic E-state index is 8.78. The third kappa shape index (κ3) is 1.83. The Bertz CT molecular complexity index is 383. The second-order valence-electron chi connectivity index (χ2n) is 2.48. The van der Waals surface area contributed by atoms with Gasteiger partial charge in [0.05, 0.1) is 0 Å². The van der Waals surface area contributed by atoms with E-state index in [1.54, 1.807) is 13.1 Å². The van der Waals surface area contributed by atoms with Crippen molar-refractivity contribution in [3.05, 3.63) is 42.0 Å². The lowest BCUT2D eigenvalue weighted by molar-refractivity contribution is 1.42. The third-order valence-electron chi connectivity index (χ3n) is 1.77. The quantitative estimate of drug-likeness (QED) is 0.627. The summed E-state index contributed by atoms with van der Waals surface area (Å²) >= 11 is 0. The molecule has 2 heteroatoms. The first-order valence-electron chi connectivity index (χ1n) is 3.92. The SMILES string of the molecule is C=Cc1ccccc1C(C#N)=NC. The highest BCUT2D eigenvalue weighted by Crippen LogP contribution is 2.10. The number of nitriles is 1. The van der Waals surface area contributed by atoms with Crippen LogP contribution in [0.5, 0.6) is 0 Å². The fourth-order valence-electron chi connectivity index (χ4n) is 1.12. The van der Waals surface area contributed by atoms with Gasteiger partial charge in [-0.25, -0.2) is 0 Å². The summed E-state index contributed by atoms with van der Waals surface area (Å²) < 4.78 is 0. The van der Waals surface area contributed by atoms with Crippen LogP contribution in [0.1, 0.15) is 11.1 Å². The van der Waals surface area contributed by atoms with Gasteiger partial charge in [-0.15, -0.1) is 0 Å². The molecule has 0 aliphatic heterocycles. The molecule has 0 heterocycles. The molecule has 0 radical (unpaired) electrons. The number of hydrogen-bond acceptors (Lipinski definition) is 2. The van der Waals surface area contributed by atoms with Crippen molar-refractivity contribution in [3.63, 3.8) is 0 Å². The van der Waals surface area contributed by atoms with Crippen LogP contribution in [-0.2, 0) is 0 Å². The molecule has 0 atom stereocenters. The summed E-state index contributed by atoms with van der Waals surface area (Å²) in [5.41, 5.74) is 2.21. The van der Waals surface area contributed by atoms with Crippen molar-refractivity contribution in [2.75, 3.05) is 7.05 Å². The Balaban J connectivity index is 3.29. The van der Waals surface area contributed by atoms with Gasteiger partial charge in [0.15, 0.2) is 0 Å². The Hall–Kier alpha value is -1.88. The second kappa shape index (κ2) is 4.22. The fraction of sp³-hybridized carbons (Fsp3) is 0.0909. The van der Waals surface area contributed by atoms with E-state index in [0.717, 1.165) is 11.1 Å². The lowest BCUT2D eigenvalue weighted by atomic mass is 10.0. The van der Waals surface area contributed by atoms with E-state index in [4.69, 9.17) is 5.26 Å². The van der Waals surface area contributed by atoms with Gasteiger partial charge in [0, 0.05) is 12.6 Å². The Kier molecular flexibility index (Phi) is 2.99. The number of hydrogen-bond donors (Lipinski definition) is 0. The molecule has 0 spiro atoms. The lowest BCUT2D eigenvalue weighted by Crippen LogP contribution is -1.99. The molecule has 0 unspecified atom stereocenters. The second-order valence-corrected chi connectivity index (χ2v) is 2.48. The van der Waals surface area contributed by atoms with E-state index in [1.165, 1.54) is 0 Å². The van der Waals surface area contributed by atoms with Crippen molar-refractivity contribution < 1.29 is 0 Å². The third-order valence-corrected chi connectivity index (χ3v) is 1.77. The van der Waals surface area contributed by atoms with E-state index in [0.29, 0.717) is 5.71 Å². The highest BCUT2D eigenvalue weighted by Gasteiger charge is 2.03. The molecule has 2 nitrogen and oxygen atoms in total. The van der Waals surface area contributed by atoms with Crippen LogP contribution < -0.4 is 0 Å². The zero-order valence-corrected chi connectivity index (χ0v) is 7.49. The molecular formula is C11H10N2. The predicted molar refractivity (Wildman–Crippen MR) is 54.6 cm³/mol. The first-order valence-corrected chi connectivity index (χ1v) is 3.92. The van der Waals surface area contributed by atoms with Gasteiger partial charge >= 0.3 is 0 Å². The molecule has 1 rings (SSSR count). The summed E-state index contributed by atoms with van der Waals surface area (Å²) in [4.78, 5) is 3.89. The molecule has 0 bridgehead atoms. The van der Waals surface area contributed by atoms with Crippen molar-refractivity contribution >= 4 is 11.8 Å². The Labute approximate surface area is 77.9 Å². The minimum atomic E-state index is 0.440. The van der Waals surface area contributed by atoms with Crippen molar-refractivity contribution in [2.24, 2.45) is 4.99 Å². The van der Waals surface area contributed by atoms with Crippen LogP contribution >= 0.6 is 0 Å². The molecule has 0 N–H and O–H groups in total. The molecule has 13 heavy (non-hydrogen) atoms. The van der Waals surface area contributed by atoms with Crippen LogP contribution in [0.2, 0.25) is 0 Å². The summed E-state index contributed by atoms with van der Waals surface area (Å²) in [6.07, 6.45) is 1.72. The van der Waals surface area contributed by atoms with Crippen molar-refractivity contribution in [2.45, 2.75) is 0 Å². The number of aliphatic imine (C=N–C) groups is 1. The van der Waals surface area contributed by atoms with Gasteiger partial charge in [-0.1, -0.05) is 36.9 Å². The molecular weight excluding hydrogens is 160 g/mol. The van der Waals surface area contributed by atoms with Crippen molar-refractivity contribution in [1.29, 1.82) is 5.26 Å². The monoisotopic (exact) mass is 170 g/mol. The summed E-state index contributed by atoms with van der Waals surface area (Å²) in [7, 11) is 1.61. The van der Waals surface area contributed by atoms with Gasteiger partial charge in [0.25, 0.3) is 0 Å². The number of rotatable bonds is 2. The van der Waals surface area contributed by atoms with E-state index in [2.05, 4.69) is 11.6 Å². The van der Waals surface area contributed by atoms with E-state index in [1.807, 2.05) is 30.3 Å². The Morgan fingerprint density at radius 2 is 2.23 bits per heavy atom. The topological polar surface area (TPSA) is 36.1 Å². The molecule has 0 amide bonds. The number of nitrogens with zero attached hydrogens (tertiary/aromatic N) is 2. The lowest BCUT2D eigenvalue weighted by Gasteiger charge is -2.01. The highest BCUT2D eigenvalue weighted by molar-refractivity contribution is 6.13. The largest absolute Gasteiger partial charge is 0.277 e. The minimum absolute atomic E-state index is 0.440. The zero-order chi connectivity index (χ0) is 9.68. The van der Waals surface area contributed by atoms with Gasteiger partial charge in [-0.3, -0.25) is 4.99 Å². The van der Waals surface area contributed by atoms with E-state index >= 15 is 0 Å². The zero-order valence-electron chi connectivity index (χ0n) is 7.49. The average Bonchev–Trinajstić information content (AvgIpc) is 2.20. The highest BCUT2D eigenvalue weighted by atomic mass is 14.7. The minimum Gasteiger partial charge on any atom is -0.277 e. The van der Waals surface area contributed by atoms with Crippen LogP contribution in [0.25, 0.3) is 6.08 Å². The summed E-state index contributed by atoms with van der Waals surface area (Å²) in [6, 6.07) is 9.60. The van der Waals surface area contributed by atoms with E-state index in [-0.39, 0.29) is 0 Å². The first kappa shape index (κ1) is 9.21. The van der Waals surface area contributed by atoms with Crippen LogP contribution in [0.15, 0.2) is 35.8 Å². The molecule has 0 saturated heterocycles. The van der Waals surface area contributed by atoms with E-state index in [9.17, 15) is 0 Å². The predicted octanol–water partition coefficient (Wildman–Crippen LogP) is 2.27. The molecule has 1 aromatic rings. The smallest absolute Gasteiger partial charge is 0.142 e. The average molecular weight is 170 g/mol. The maximum atomic E-state index is 8.78. The first-order chi connectivity index (χ1) is 6.33. The van der Waals surface area contributed by atoms with Crippen LogP contribution in [0, 0.1) is 11.3 Å². The molecule has 64 valence electrons. The van der Waals surface area contributed by atoms with Gasteiger partial charge in [-0.05, 0) is 5.56 Å². The molecule has 0 aliphatic rings. The molecule has 0 aromatic heterocycles. The maximum Gasteiger partial charge on any atom is 0.142 e. The molecule has 1 aromatic carbocycles. The van der Waals surface area contributed by atoms with Crippen LogP contribution in [0.4, 0.5) is 0 Å². The summed E-state index contributed by atoms with van der Waals surface area (Å²) in [5, 5.41) is 8.78. The van der Waals surface area contributed by atoms with Gasteiger partial charge in [0.2, 0.25) is 0 Å². The standard InChI is InChI=1S/C11H10N2/c1-3-9-6-4-5-7-10(9)11(8-12)13-2/h3-7H,1H2,2H3. The van der Waals surface area contributed by atoms with Crippen molar-refractivity contribution in [1.82, 2.24) is 0 Å². The summed E-state index contributed by atoms with van der Waals surface area (Å²) in [6.45, 7) is 3.68. The number of benzene rings is 1. The van der Waals surface area contributed by atoms with Crippen LogP contribution in [-0.4, -0.2) is 12.8 Å². The Morgan fingerprint density at radius 3 is 2.77 bits per heavy atom. The van der Waals surface area contributed by atoms with Gasteiger partial charge in [0.1, 0.15) is 11.8 Å². The molecule has 0 saturated carbocycles. The van der Waals surface area contributed by atoms with Crippen LogP contribution in [0.3, 0.4) is 0 Å². The van der Waals surface area contributed by atoms with Gasteiger partial charge in [-0.2, -0.15) is 5.26 Å². The Morgan fingerprint density at radius 1 is 1.54 bits per heavy atom. The van der Waals surface area contributed by atoms with E-state index < -0.39 is 0 Å².